The fourth-order valence-electron chi connectivity index (χ4n) is 4.13. The zero-order chi connectivity index (χ0) is 26.6. The van der Waals surface area contributed by atoms with Crippen LogP contribution in [0.15, 0.2) is 53.6 Å². The highest BCUT2D eigenvalue weighted by atomic mass is 35.5. The largest absolute Gasteiger partial charge is 0.497 e. The monoisotopic (exact) mass is 548 g/mol. The molecule has 1 aliphatic heterocycles. The van der Waals surface area contributed by atoms with Gasteiger partial charge in [0.2, 0.25) is 0 Å². The van der Waals surface area contributed by atoms with Gasteiger partial charge in [0.15, 0.2) is 0 Å². The molecule has 0 bridgehead atoms. The molecule has 2 heterocycles. The summed E-state index contributed by atoms with van der Waals surface area (Å²) in [5.74, 6) is 2.64. The van der Waals surface area contributed by atoms with E-state index in [0.717, 1.165) is 30.3 Å². The van der Waals surface area contributed by atoms with Crippen molar-refractivity contribution >= 4 is 38.8 Å². The Labute approximate surface area is 221 Å². The molecule has 3 aromatic rings. The van der Waals surface area contributed by atoms with Crippen LogP contribution >= 0.6 is 11.6 Å². The van der Waals surface area contributed by atoms with E-state index in [2.05, 4.69) is 19.5 Å². The quantitative estimate of drug-likeness (QED) is 0.426. The molecule has 0 atom stereocenters. The van der Waals surface area contributed by atoms with Gasteiger partial charge in [-0.25, -0.2) is 13.4 Å². The van der Waals surface area contributed by atoms with Crippen LogP contribution in [-0.4, -0.2) is 68.0 Å². The number of aromatic nitrogens is 1. The summed E-state index contributed by atoms with van der Waals surface area (Å²) >= 11 is 6.55. The lowest BCUT2D eigenvalue weighted by Crippen LogP contribution is -2.47. The molecule has 1 N–H and O–H groups in total. The van der Waals surface area contributed by atoms with Crippen molar-refractivity contribution in [3.63, 3.8) is 0 Å². The maximum Gasteiger partial charge on any atom is 0.265 e. The van der Waals surface area contributed by atoms with Crippen molar-refractivity contribution in [2.45, 2.75) is 4.90 Å². The normalized spacial score (nSPS) is 13.8. The van der Waals surface area contributed by atoms with Crippen LogP contribution in [0.2, 0.25) is 5.02 Å². The molecular formula is C25H29ClN4O6S. The Kier molecular flexibility index (Phi) is 8.03. The number of nitrogens with zero attached hydrogens (tertiary/aromatic N) is 3. The third-order valence-corrected chi connectivity index (χ3v) is 7.72. The van der Waals surface area contributed by atoms with Crippen LogP contribution in [0.25, 0.3) is 0 Å². The highest BCUT2D eigenvalue weighted by Crippen LogP contribution is 2.35. The minimum Gasteiger partial charge on any atom is -0.497 e. The van der Waals surface area contributed by atoms with Gasteiger partial charge in [0, 0.05) is 38.3 Å². The third-order valence-electron chi connectivity index (χ3n) is 6.04. The molecule has 0 saturated carbocycles. The fourth-order valence-corrected chi connectivity index (χ4v) is 5.63. The highest BCUT2D eigenvalue weighted by molar-refractivity contribution is 7.92. The van der Waals surface area contributed by atoms with Crippen molar-refractivity contribution < 1.29 is 27.4 Å². The van der Waals surface area contributed by atoms with Crippen LogP contribution in [0.3, 0.4) is 0 Å². The Morgan fingerprint density at radius 2 is 1.43 bits per heavy atom. The average molecular weight is 549 g/mol. The summed E-state index contributed by atoms with van der Waals surface area (Å²) in [6.07, 6.45) is 1.45. The number of rotatable bonds is 9. The van der Waals surface area contributed by atoms with Gasteiger partial charge in [-0.05, 0) is 30.3 Å². The third kappa shape index (κ3) is 5.72. The number of ether oxygens (including phenoxy) is 4. The summed E-state index contributed by atoms with van der Waals surface area (Å²) in [5, 5.41) is 0.341. The standard InChI is InChI=1S/C25H29ClN4O6S/c1-33-18-5-7-21(23(14-18)36-4)29-9-11-30(12-10-29)25-20(26)13-17(16-27-25)28-37(31,32)24-15-19(34-2)6-8-22(24)35-3/h5-8,13-16,28H,9-12H2,1-4H3. The number of benzene rings is 2. The summed E-state index contributed by atoms with van der Waals surface area (Å²) in [4.78, 5) is 8.70. The maximum absolute atomic E-state index is 13.1. The first-order valence-corrected chi connectivity index (χ1v) is 13.3. The second-order valence-electron chi connectivity index (χ2n) is 8.16. The Hall–Kier alpha value is -3.57. The van der Waals surface area contributed by atoms with Crippen LogP contribution < -0.4 is 33.5 Å². The van der Waals surface area contributed by atoms with Gasteiger partial charge in [-0.1, -0.05) is 11.6 Å². The molecule has 1 aromatic heterocycles. The van der Waals surface area contributed by atoms with E-state index in [1.165, 1.54) is 32.5 Å². The van der Waals surface area contributed by atoms with Crippen molar-refractivity contribution in [2.75, 3.05) is 69.1 Å². The van der Waals surface area contributed by atoms with Crippen LogP contribution in [-0.2, 0) is 10.0 Å². The molecule has 198 valence electrons. The second kappa shape index (κ2) is 11.2. The first-order valence-electron chi connectivity index (χ1n) is 11.4. The molecule has 10 nitrogen and oxygen atoms in total. The van der Waals surface area contributed by atoms with E-state index in [4.69, 9.17) is 30.5 Å². The molecule has 4 rings (SSSR count). The fraction of sp³-hybridized carbons (Fsp3) is 0.320. The Bertz CT molecular complexity index is 1360. The number of nitrogens with one attached hydrogen (secondary N) is 1. The van der Waals surface area contributed by atoms with E-state index in [-0.39, 0.29) is 16.3 Å². The number of anilines is 3. The summed E-state index contributed by atoms with van der Waals surface area (Å²) in [5.41, 5.74) is 1.22. The minimum absolute atomic E-state index is 0.0559. The van der Waals surface area contributed by atoms with Crippen molar-refractivity contribution in [1.82, 2.24) is 4.98 Å². The van der Waals surface area contributed by atoms with Gasteiger partial charge in [-0.3, -0.25) is 4.72 Å². The SMILES string of the molecule is COc1ccc(N2CCN(c3ncc(NS(=O)(=O)c4cc(OC)ccc4OC)cc3Cl)CC2)c(OC)c1. The van der Waals surface area contributed by atoms with Crippen molar-refractivity contribution in [3.05, 3.63) is 53.7 Å². The van der Waals surface area contributed by atoms with E-state index < -0.39 is 10.0 Å². The van der Waals surface area contributed by atoms with E-state index in [0.29, 0.717) is 29.7 Å². The van der Waals surface area contributed by atoms with E-state index in [9.17, 15) is 8.42 Å². The first kappa shape index (κ1) is 26.5. The van der Waals surface area contributed by atoms with Crippen molar-refractivity contribution in [1.29, 1.82) is 0 Å². The molecule has 0 spiro atoms. The lowest BCUT2D eigenvalue weighted by atomic mass is 10.2. The molecular weight excluding hydrogens is 520 g/mol. The highest BCUT2D eigenvalue weighted by Gasteiger charge is 2.24. The van der Waals surface area contributed by atoms with Crippen molar-refractivity contribution in [2.24, 2.45) is 0 Å². The number of sulfonamides is 1. The number of pyridine rings is 1. The molecule has 1 fully saturated rings. The minimum atomic E-state index is -3.99. The topological polar surface area (TPSA) is 102 Å². The van der Waals surface area contributed by atoms with Gasteiger partial charge in [0.1, 0.15) is 33.7 Å². The van der Waals surface area contributed by atoms with Crippen LogP contribution in [0.1, 0.15) is 0 Å². The van der Waals surface area contributed by atoms with Crippen LogP contribution in [0.4, 0.5) is 17.2 Å². The molecule has 2 aromatic carbocycles. The Balaban J connectivity index is 1.47. The van der Waals surface area contributed by atoms with Gasteiger partial charge < -0.3 is 28.7 Å². The Morgan fingerprint density at radius 3 is 2.05 bits per heavy atom. The number of hydrogen-bond donors (Lipinski definition) is 1. The molecule has 12 heteroatoms. The molecule has 0 unspecified atom stereocenters. The van der Waals surface area contributed by atoms with Gasteiger partial charge in [-0.15, -0.1) is 0 Å². The molecule has 0 radical (unpaired) electrons. The molecule has 0 aliphatic carbocycles. The van der Waals surface area contributed by atoms with Crippen LogP contribution in [0.5, 0.6) is 23.0 Å². The van der Waals surface area contributed by atoms with Gasteiger partial charge in [-0.2, -0.15) is 0 Å². The number of hydrogen-bond acceptors (Lipinski definition) is 9. The molecule has 0 amide bonds. The predicted octanol–water partition coefficient (Wildman–Crippen LogP) is 3.90. The van der Waals surface area contributed by atoms with Gasteiger partial charge in [0.25, 0.3) is 10.0 Å². The molecule has 37 heavy (non-hydrogen) atoms. The molecule has 1 saturated heterocycles. The van der Waals surface area contributed by atoms with E-state index in [1.54, 1.807) is 26.4 Å². The predicted molar refractivity (Wildman–Crippen MR) is 144 cm³/mol. The van der Waals surface area contributed by atoms with E-state index in [1.807, 2.05) is 18.2 Å². The number of methoxy groups -OCH3 is 4. The first-order chi connectivity index (χ1) is 17.8. The smallest absolute Gasteiger partial charge is 0.265 e. The molecule has 1 aliphatic rings. The number of piperazine rings is 1. The summed E-state index contributed by atoms with van der Waals surface area (Å²) in [7, 11) is 2.13. The second-order valence-corrected chi connectivity index (χ2v) is 10.2. The van der Waals surface area contributed by atoms with Gasteiger partial charge >= 0.3 is 0 Å². The summed E-state index contributed by atoms with van der Waals surface area (Å²) in [6.45, 7) is 2.80. The summed E-state index contributed by atoms with van der Waals surface area (Å²) < 4.78 is 49.8. The van der Waals surface area contributed by atoms with Crippen molar-refractivity contribution in [3.8, 4) is 23.0 Å². The lowest BCUT2D eigenvalue weighted by Gasteiger charge is -2.37. The zero-order valence-corrected chi connectivity index (χ0v) is 22.6. The lowest BCUT2D eigenvalue weighted by molar-refractivity contribution is 0.392. The Morgan fingerprint density at radius 1 is 0.811 bits per heavy atom. The zero-order valence-electron chi connectivity index (χ0n) is 21.0. The van der Waals surface area contributed by atoms with E-state index >= 15 is 0 Å². The van der Waals surface area contributed by atoms with Crippen LogP contribution in [0, 0.1) is 0 Å². The summed E-state index contributed by atoms with van der Waals surface area (Å²) in [6, 6.07) is 11.8. The maximum atomic E-state index is 13.1. The average Bonchev–Trinajstić information content (AvgIpc) is 2.92. The number of halogens is 1. The van der Waals surface area contributed by atoms with Gasteiger partial charge in [0.05, 0.1) is 51.0 Å².